The zero-order valence-electron chi connectivity index (χ0n) is 24.0. The van der Waals surface area contributed by atoms with Crippen LogP contribution in [-0.2, 0) is 21.6 Å². The maximum atomic E-state index is 13.8. The van der Waals surface area contributed by atoms with E-state index < -0.39 is 21.1 Å². The third-order valence-electron chi connectivity index (χ3n) is 7.89. The molecule has 0 aromatic heterocycles. The number of rotatable bonds is 7. The third kappa shape index (κ3) is 5.78. The van der Waals surface area contributed by atoms with Crippen molar-refractivity contribution in [3.8, 4) is 40.2 Å². The molecule has 2 heterocycles. The van der Waals surface area contributed by atoms with Crippen LogP contribution in [0.3, 0.4) is 0 Å². The van der Waals surface area contributed by atoms with E-state index in [9.17, 15) is 19.8 Å². The van der Waals surface area contributed by atoms with Gasteiger partial charge in [0.05, 0.1) is 5.56 Å². The standard InChI is InChI=1S/C35H22I3NO8/c36-34(39(37)38,19-20-5-10-23(11-6-20)44-24-12-7-21(40)8-13-24)33(43)45-25-14-16-29-31(18-25)46-30-17-22(41)9-15-28(30)35(29)27-4-2-1-3-26(27)32(42)47-35/h1-18,40-41H,19H2/t34-,35?/m0/s1. The lowest BCUT2D eigenvalue weighted by Crippen LogP contribution is -2.44. The van der Waals surface area contributed by atoms with Gasteiger partial charge in [-0.2, -0.15) is 1.33 Å². The molecule has 0 amide bonds. The molecule has 2 aliphatic heterocycles. The van der Waals surface area contributed by atoms with Gasteiger partial charge in [-0.15, -0.1) is 0 Å². The van der Waals surface area contributed by atoms with Gasteiger partial charge in [-0.3, -0.25) is 0 Å². The van der Waals surface area contributed by atoms with Crippen LogP contribution in [0.2, 0.25) is 0 Å². The summed E-state index contributed by atoms with van der Waals surface area (Å²) in [6.07, 6.45) is 0.321. The Kier molecular flexibility index (Phi) is 8.46. The number of phenols is 2. The first-order valence-corrected chi connectivity index (χ1v) is 17.2. The number of phenolic OH excluding ortho intramolecular Hbond substituents is 2. The number of fused-ring (bicyclic) bond motifs is 6. The van der Waals surface area contributed by atoms with E-state index in [-0.39, 0.29) is 17.2 Å². The SMILES string of the molecule is O=C1OC2(c3ccc(O)cc3Oc3cc(OC(=O)[C@](I)(Cc4ccc(Oc5ccc(O)cc5)cc4)N(I)I)ccc32)c2ccccc21. The number of nitrogens with zero attached hydrogens (tertiary/aromatic N) is 1. The summed E-state index contributed by atoms with van der Waals surface area (Å²) in [6.45, 7) is 0. The summed E-state index contributed by atoms with van der Waals surface area (Å²) in [6, 6.07) is 30.7. The van der Waals surface area contributed by atoms with Crippen LogP contribution >= 0.6 is 68.3 Å². The third-order valence-corrected chi connectivity index (χ3v) is 12.7. The van der Waals surface area contributed by atoms with Crippen molar-refractivity contribution in [1.82, 2.24) is 1.33 Å². The van der Waals surface area contributed by atoms with E-state index in [4.69, 9.17) is 18.9 Å². The van der Waals surface area contributed by atoms with Crippen LogP contribution in [-0.4, -0.2) is 27.0 Å². The minimum Gasteiger partial charge on any atom is -0.508 e. The van der Waals surface area contributed by atoms with Crippen molar-refractivity contribution in [3.05, 3.63) is 137 Å². The highest BCUT2D eigenvalue weighted by Crippen LogP contribution is 2.57. The molecule has 2 aliphatic rings. The molecule has 236 valence electrons. The summed E-state index contributed by atoms with van der Waals surface area (Å²) >= 11 is 6.21. The second kappa shape index (κ2) is 12.4. The van der Waals surface area contributed by atoms with Gasteiger partial charge >= 0.3 is 11.9 Å². The molecule has 1 spiro atoms. The van der Waals surface area contributed by atoms with Gasteiger partial charge in [-0.1, -0.05) is 30.3 Å². The summed E-state index contributed by atoms with van der Waals surface area (Å²) in [4.78, 5) is 26.9. The quantitative estimate of drug-likeness (QED) is 0.0413. The van der Waals surface area contributed by atoms with E-state index in [0.717, 1.165) is 5.56 Å². The van der Waals surface area contributed by atoms with Gasteiger partial charge in [0.2, 0.25) is 0 Å². The molecule has 0 aliphatic carbocycles. The van der Waals surface area contributed by atoms with E-state index in [1.807, 2.05) is 36.4 Å². The topological polar surface area (TPSA) is 115 Å². The first-order chi connectivity index (χ1) is 22.6. The fourth-order valence-electron chi connectivity index (χ4n) is 5.69. The average Bonchev–Trinajstić information content (AvgIpc) is 3.35. The smallest absolute Gasteiger partial charge is 0.344 e. The van der Waals surface area contributed by atoms with Crippen LogP contribution in [0.4, 0.5) is 0 Å². The monoisotopic (exact) mass is 965 g/mol. The number of benzene rings is 5. The second-order valence-electron chi connectivity index (χ2n) is 10.9. The van der Waals surface area contributed by atoms with Crippen LogP contribution < -0.4 is 14.2 Å². The first kappa shape index (κ1) is 32.0. The Bertz CT molecular complexity index is 2040. The van der Waals surface area contributed by atoms with Crippen molar-refractivity contribution in [2.24, 2.45) is 0 Å². The number of alkyl halides is 1. The second-order valence-corrected chi connectivity index (χ2v) is 16.4. The van der Waals surface area contributed by atoms with Gasteiger partial charge in [0.25, 0.3) is 0 Å². The van der Waals surface area contributed by atoms with E-state index >= 15 is 0 Å². The fraction of sp³-hybridized carbons (Fsp3) is 0.0857. The zero-order valence-corrected chi connectivity index (χ0v) is 30.5. The van der Waals surface area contributed by atoms with E-state index in [1.165, 1.54) is 12.1 Å². The predicted octanol–water partition coefficient (Wildman–Crippen LogP) is 8.74. The highest BCUT2D eigenvalue weighted by Gasteiger charge is 2.53. The van der Waals surface area contributed by atoms with Gasteiger partial charge < -0.3 is 29.2 Å². The molecule has 5 aromatic rings. The molecule has 5 aromatic carbocycles. The molecule has 2 atom stereocenters. The molecule has 7 rings (SSSR count). The van der Waals surface area contributed by atoms with Crippen molar-refractivity contribution in [3.63, 3.8) is 0 Å². The van der Waals surface area contributed by atoms with Gasteiger partial charge in [-0.25, -0.2) is 9.59 Å². The number of esters is 2. The largest absolute Gasteiger partial charge is 0.508 e. The molecule has 12 heteroatoms. The van der Waals surface area contributed by atoms with Gasteiger partial charge in [0, 0.05) is 81.0 Å². The van der Waals surface area contributed by atoms with E-state index in [0.29, 0.717) is 51.7 Å². The predicted molar refractivity (Wildman–Crippen MR) is 197 cm³/mol. The molecular formula is C35H22I3NO8. The van der Waals surface area contributed by atoms with E-state index in [2.05, 4.69) is 68.3 Å². The summed E-state index contributed by atoms with van der Waals surface area (Å²) < 4.78 is 24.8. The molecule has 0 saturated heterocycles. The lowest BCUT2D eigenvalue weighted by Gasteiger charge is -2.36. The normalized spacial score (nSPS) is 17.1. The number of carbonyl (C=O) groups is 2. The van der Waals surface area contributed by atoms with Crippen molar-refractivity contribution in [1.29, 1.82) is 0 Å². The highest BCUT2D eigenvalue weighted by molar-refractivity contribution is 14.2. The minimum atomic E-state index is -1.31. The maximum absolute atomic E-state index is 13.8. The zero-order chi connectivity index (χ0) is 32.9. The summed E-state index contributed by atoms with van der Waals surface area (Å²) in [5, 5.41) is 19.8. The average molecular weight is 965 g/mol. The molecule has 0 fully saturated rings. The molecule has 47 heavy (non-hydrogen) atoms. The van der Waals surface area contributed by atoms with Gasteiger partial charge in [0.1, 0.15) is 40.2 Å². The Morgan fingerprint density at radius 1 is 0.766 bits per heavy atom. The highest BCUT2D eigenvalue weighted by atomic mass is 127. The summed E-state index contributed by atoms with van der Waals surface area (Å²) in [5.41, 5.74) is 1.80. The Hall–Kier alpha value is -3.61. The lowest BCUT2D eigenvalue weighted by molar-refractivity contribution is -0.137. The van der Waals surface area contributed by atoms with Gasteiger partial charge in [-0.05, 0) is 94.9 Å². The summed E-state index contributed by atoms with van der Waals surface area (Å²) in [5.74, 6) is 1.23. The molecule has 0 radical (unpaired) electrons. The maximum Gasteiger partial charge on any atom is 0.344 e. The number of ether oxygens (including phenoxy) is 4. The molecule has 1 unspecified atom stereocenters. The Labute approximate surface area is 310 Å². The molecule has 0 saturated carbocycles. The van der Waals surface area contributed by atoms with Crippen LogP contribution in [0.15, 0.2) is 109 Å². The molecule has 9 nitrogen and oxygen atoms in total. The Balaban J connectivity index is 1.16. The van der Waals surface area contributed by atoms with Gasteiger partial charge in [0.15, 0.2) is 9.15 Å². The summed E-state index contributed by atoms with van der Waals surface area (Å²) in [7, 11) is 0. The van der Waals surface area contributed by atoms with Crippen molar-refractivity contribution in [2.45, 2.75) is 15.6 Å². The number of halogens is 3. The van der Waals surface area contributed by atoms with Crippen LogP contribution in [0.25, 0.3) is 0 Å². The number of aromatic hydroxyl groups is 2. The van der Waals surface area contributed by atoms with Crippen molar-refractivity contribution in [2.75, 3.05) is 0 Å². The molecular weight excluding hydrogens is 943 g/mol. The van der Waals surface area contributed by atoms with Crippen LogP contribution in [0.1, 0.15) is 32.6 Å². The van der Waals surface area contributed by atoms with Crippen molar-refractivity contribution >= 4 is 80.3 Å². The molecule has 2 N–H and O–H groups in total. The molecule has 0 bridgehead atoms. The number of hydrogen-bond donors (Lipinski definition) is 2. The lowest BCUT2D eigenvalue weighted by atomic mass is 9.77. The van der Waals surface area contributed by atoms with Crippen LogP contribution in [0.5, 0.6) is 40.2 Å². The number of hydrogen-bond acceptors (Lipinski definition) is 9. The Morgan fingerprint density at radius 2 is 1.36 bits per heavy atom. The first-order valence-electron chi connectivity index (χ1n) is 14.1. The van der Waals surface area contributed by atoms with Crippen molar-refractivity contribution < 1.29 is 38.7 Å². The number of carbonyl (C=O) groups excluding carboxylic acids is 2. The minimum absolute atomic E-state index is 0.0126. The Morgan fingerprint density at radius 3 is 2.06 bits per heavy atom. The van der Waals surface area contributed by atoms with Crippen LogP contribution in [0, 0.1) is 0 Å². The fourth-order valence-corrected chi connectivity index (χ4v) is 6.98. The van der Waals surface area contributed by atoms with E-state index in [1.54, 1.807) is 62.0 Å².